The summed E-state index contributed by atoms with van der Waals surface area (Å²) in [5.74, 6) is -0.831. The van der Waals surface area contributed by atoms with Gasteiger partial charge in [-0.05, 0) is 25.0 Å². The lowest BCUT2D eigenvalue weighted by Gasteiger charge is -2.06. The normalized spacial score (nSPS) is 12.8. The topological polar surface area (TPSA) is 79.1 Å². The Bertz CT molecular complexity index is 543. The van der Waals surface area contributed by atoms with Gasteiger partial charge in [0.05, 0.1) is 6.42 Å². The number of hydrogen-bond donors (Lipinski definition) is 3. The van der Waals surface area contributed by atoms with E-state index in [9.17, 15) is 4.79 Å². The van der Waals surface area contributed by atoms with E-state index in [4.69, 9.17) is 10.8 Å². The number of carboxylic acids is 1. The lowest BCUT2D eigenvalue weighted by atomic mass is 10.0. The van der Waals surface area contributed by atoms with Crippen LogP contribution in [-0.2, 0) is 17.6 Å². The molecule has 1 aromatic heterocycles. The van der Waals surface area contributed by atoms with Gasteiger partial charge in [-0.1, -0.05) is 18.2 Å². The van der Waals surface area contributed by atoms with Crippen molar-refractivity contribution in [2.75, 3.05) is 0 Å². The molecule has 1 aromatic carbocycles. The zero-order chi connectivity index (χ0) is 12.4. The summed E-state index contributed by atoms with van der Waals surface area (Å²) in [6.07, 6.45) is 0.698. The molecule has 0 fully saturated rings. The van der Waals surface area contributed by atoms with Crippen molar-refractivity contribution in [2.45, 2.75) is 25.8 Å². The molecule has 4 heteroatoms. The molecule has 2 aromatic rings. The van der Waals surface area contributed by atoms with Crippen molar-refractivity contribution in [1.29, 1.82) is 0 Å². The van der Waals surface area contributed by atoms with Gasteiger partial charge in [0.15, 0.2) is 0 Å². The summed E-state index contributed by atoms with van der Waals surface area (Å²) < 4.78 is 0. The molecule has 0 aliphatic carbocycles. The number of nitrogens with two attached hydrogens (primary N) is 1. The number of carbonyl (C=O) groups is 1. The Labute approximate surface area is 99.4 Å². The number of H-pyrrole nitrogens is 1. The minimum absolute atomic E-state index is 0.0106. The van der Waals surface area contributed by atoms with Crippen LogP contribution in [0.3, 0.4) is 0 Å². The number of rotatable bonds is 4. The van der Waals surface area contributed by atoms with Gasteiger partial charge >= 0.3 is 5.97 Å². The van der Waals surface area contributed by atoms with E-state index in [0.717, 1.165) is 22.2 Å². The van der Waals surface area contributed by atoms with Crippen molar-refractivity contribution in [2.24, 2.45) is 5.73 Å². The highest BCUT2D eigenvalue weighted by atomic mass is 16.4. The van der Waals surface area contributed by atoms with E-state index < -0.39 is 5.97 Å². The molecule has 0 radical (unpaired) electrons. The number of benzene rings is 1. The first-order chi connectivity index (χ1) is 8.08. The summed E-state index contributed by atoms with van der Waals surface area (Å²) in [6, 6.07) is 7.84. The van der Waals surface area contributed by atoms with Crippen LogP contribution >= 0.6 is 0 Å². The molecule has 1 heterocycles. The van der Waals surface area contributed by atoms with E-state index in [1.807, 2.05) is 31.2 Å². The summed E-state index contributed by atoms with van der Waals surface area (Å²) in [6.45, 7) is 1.92. The highest BCUT2D eigenvalue weighted by Gasteiger charge is 2.14. The fourth-order valence-corrected chi connectivity index (χ4v) is 2.11. The molecule has 0 amide bonds. The molecule has 1 unspecified atom stereocenters. The summed E-state index contributed by atoms with van der Waals surface area (Å²) in [5.41, 5.74) is 8.57. The monoisotopic (exact) mass is 232 g/mol. The van der Waals surface area contributed by atoms with Crippen molar-refractivity contribution in [1.82, 2.24) is 4.98 Å². The van der Waals surface area contributed by atoms with E-state index in [-0.39, 0.29) is 12.5 Å². The molecule has 0 saturated carbocycles. The Hall–Kier alpha value is -1.81. The Morgan fingerprint density at radius 2 is 2.18 bits per heavy atom. The summed E-state index contributed by atoms with van der Waals surface area (Å²) in [7, 11) is 0. The van der Waals surface area contributed by atoms with Crippen LogP contribution in [0.15, 0.2) is 24.3 Å². The third-order valence-corrected chi connectivity index (χ3v) is 2.76. The Balaban J connectivity index is 2.52. The maximum Gasteiger partial charge on any atom is 0.309 e. The van der Waals surface area contributed by atoms with Crippen molar-refractivity contribution in [3.8, 4) is 0 Å². The number of nitrogens with one attached hydrogen (secondary N) is 1. The minimum Gasteiger partial charge on any atom is -0.481 e. The molecule has 2 rings (SSSR count). The zero-order valence-corrected chi connectivity index (χ0v) is 9.73. The highest BCUT2D eigenvalue weighted by molar-refractivity contribution is 5.86. The van der Waals surface area contributed by atoms with Crippen LogP contribution in [0.4, 0.5) is 0 Å². The van der Waals surface area contributed by atoms with Gasteiger partial charge in [0.2, 0.25) is 0 Å². The molecule has 0 aliphatic rings. The average Bonchev–Trinajstić information content (AvgIpc) is 2.55. The fraction of sp³-hybridized carbons (Fsp3) is 0.308. The van der Waals surface area contributed by atoms with Crippen LogP contribution in [0.2, 0.25) is 0 Å². The van der Waals surface area contributed by atoms with Crippen molar-refractivity contribution < 1.29 is 9.90 Å². The number of aromatic nitrogens is 1. The highest BCUT2D eigenvalue weighted by Crippen LogP contribution is 2.23. The van der Waals surface area contributed by atoms with Gasteiger partial charge in [-0.15, -0.1) is 0 Å². The zero-order valence-electron chi connectivity index (χ0n) is 9.73. The number of aliphatic carboxylic acids is 1. The molecule has 4 N–H and O–H groups in total. The van der Waals surface area contributed by atoms with Crippen LogP contribution in [0.5, 0.6) is 0 Å². The second-order valence-corrected chi connectivity index (χ2v) is 4.38. The van der Waals surface area contributed by atoms with Crippen LogP contribution in [0.25, 0.3) is 10.9 Å². The number of aromatic amines is 1. The number of carboxylic acid groups (broad SMARTS) is 1. The first-order valence-electron chi connectivity index (χ1n) is 5.63. The smallest absolute Gasteiger partial charge is 0.309 e. The Kier molecular flexibility index (Phi) is 3.15. The summed E-state index contributed by atoms with van der Waals surface area (Å²) in [4.78, 5) is 14.0. The predicted octanol–water partition coefficient (Wildman–Crippen LogP) is 1.68. The van der Waals surface area contributed by atoms with Crippen molar-refractivity contribution in [3.05, 3.63) is 35.5 Å². The Morgan fingerprint density at radius 1 is 1.47 bits per heavy atom. The maximum atomic E-state index is 10.8. The molecule has 0 bridgehead atoms. The Morgan fingerprint density at radius 3 is 2.82 bits per heavy atom. The largest absolute Gasteiger partial charge is 0.481 e. The SMILES string of the molecule is CC(N)Cc1c(CC(=O)O)[nH]c2ccccc12. The van der Waals surface area contributed by atoms with Gasteiger partial charge in [-0.25, -0.2) is 0 Å². The molecular formula is C13H16N2O2. The number of fused-ring (bicyclic) bond motifs is 1. The maximum absolute atomic E-state index is 10.8. The van der Waals surface area contributed by atoms with E-state index >= 15 is 0 Å². The summed E-state index contributed by atoms with van der Waals surface area (Å²) >= 11 is 0. The molecule has 90 valence electrons. The standard InChI is InChI=1S/C13H16N2O2/c1-8(14)6-10-9-4-2-3-5-11(9)15-12(10)7-13(16)17/h2-5,8,15H,6-7,14H2,1H3,(H,16,17). The summed E-state index contributed by atoms with van der Waals surface area (Å²) in [5, 5.41) is 9.97. The molecular weight excluding hydrogens is 216 g/mol. The average molecular weight is 232 g/mol. The lowest BCUT2D eigenvalue weighted by molar-refractivity contribution is -0.136. The first kappa shape index (κ1) is 11.7. The van der Waals surface area contributed by atoms with Crippen molar-refractivity contribution in [3.63, 3.8) is 0 Å². The third kappa shape index (κ3) is 2.47. The predicted molar refractivity (Wildman–Crippen MR) is 67.0 cm³/mol. The minimum atomic E-state index is -0.831. The van der Waals surface area contributed by atoms with Gasteiger partial charge in [-0.3, -0.25) is 4.79 Å². The molecule has 0 saturated heterocycles. The molecule has 1 atom stereocenters. The third-order valence-electron chi connectivity index (χ3n) is 2.76. The van der Waals surface area contributed by atoms with Crippen LogP contribution < -0.4 is 5.73 Å². The van der Waals surface area contributed by atoms with Crippen LogP contribution in [0, 0.1) is 0 Å². The van der Waals surface area contributed by atoms with E-state index in [1.165, 1.54) is 0 Å². The van der Waals surface area contributed by atoms with E-state index in [1.54, 1.807) is 0 Å². The first-order valence-corrected chi connectivity index (χ1v) is 5.63. The molecule has 17 heavy (non-hydrogen) atoms. The quantitative estimate of drug-likeness (QED) is 0.750. The lowest BCUT2D eigenvalue weighted by Crippen LogP contribution is -2.19. The number of hydrogen-bond acceptors (Lipinski definition) is 2. The van der Waals surface area contributed by atoms with Gasteiger partial charge in [-0.2, -0.15) is 0 Å². The second-order valence-electron chi connectivity index (χ2n) is 4.38. The van der Waals surface area contributed by atoms with Gasteiger partial charge in [0, 0.05) is 22.6 Å². The van der Waals surface area contributed by atoms with Gasteiger partial charge in [0.1, 0.15) is 0 Å². The fourth-order valence-electron chi connectivity index (χ4n) is 2.11. The van der Waals surface area contributed by atoms with E-state index in [2.05, 4.69) is 4.98 Å². The molecule has 0 aliphatic heterocycles. The second kappa shape index (κ2) is 4.59. The molecule has 4 nitrogen and oxygen atoms in total. The molecule has 0 spiro atoms. The van der Waals surface area contributed by atoms with Gasteiger partial charge < -0.3 is 15.8 Å². The number of para-hydroxylation sites is 1. The van der Waals surface area contributed by atoms with Crippen LogP contribution in [-0.4, -0.2) is 22.1 Å². The van der Waals surface area contributed by atoms with Crippen molar-refractivity contribution >= 4 is 16.9 Å². The van der Waals surface area contributed by atoms with E-state index in [0.29, 0.717) is 6.42 Å². The van der Waals surface area contributed by atoms with Gasteiger partial charge in [0.25, 0.3) is 0 Å². The van der Waals surface area contributed by atoms with Crippen LogP contribution in [0.1, 0.15) is 18.2 Å².